The van der Waals surface area contributed by atoms with Gasteiger partial charge in [-0.15, -0.1) is 0 Å². The molecule has 4 atom stereocenters. The maximum Gasteiger partial charge on any atom is 0.0701 e. The molecule has 0 aromatic heterocycles. The van der Waals surface area contributed by atoms with Crippen LogP contribution in [-0.2, 0) is 0 Å². The number of rotatable bonds is 3. The Labute approximate surface area is 76.2 Å². The Hall–Kier alpha value is -0.0400. The molecule has 1 rings (SSSR count). The van der Waals surface area contributed by atoms with E-state index in [0.29, 0.717) is 17.8 Å². The third-order valence-electron chi connectivity index (χ3n) is 4.12. The van der Waals surface area contributed by atoms with Crippen LogP contribution in [0.3, 0.4) is 0 Å². The largest absolute Gasteiger partial charge is 0.389 e. The van der Waals surface area contributed by atoms with Gasteiger partial charge in [-0.05, 0) is 30.6 Å². The first-order valence-electron chi connectivity index (χ1n) is 5.24. The van der Waals surface area contributed by atoms with Crippen molar-refractivity contribution in [2.24, 2.45) is 17.8 Å². The summed E-state index contributed by atoms with van der Waals surface area (Å²) in [6, 6.07) is 0. The molecule has 4 unspecified atom stereocenters. The highest BCUT2D eigenvalue weighted by molar-refractivity contribution is 4.98. The highest BCUT2D eigenvalue weighted by Crippen LogP contribution is 2.46. The molecule has 0 bridgehead atoms. The number of aliphatic hydroxyl groups is 1. The van der Waals surface area contributed by atoms with Crippen LogP contribution < -0.4 is 0 Å². The van der Waals surface area contributed by atoms with Crippen LogP contribution in [0.4, 0.5) is 0 Å². The van der Waals surface area contributed by atoms with E-state index in [1.165, 1.54) is 12.8 Å². The Balaban J connectivity index is 2.56. The Morgan fingerprint density at radius 2 is 2.08 bits per heavy atom. The van der Waals surface area contributed by atoms with Crippen molar-refractivity contribution in [1.29, 1.82) is 0 Å². The maximum atomic E-state index is 10.2. The van der Waals surface area contributed by atoms with Crippen LogP contribution in [0.25, 0.3) is 0 Å². The summed E-state index contributed by atoms with van der Waals surface area (Å²) in [5.41, 5.74) is -0.338. The molecule has 1 saturated carbocycles. The van der Waals surface area contributed by atoms with E-state index in [2.05, 4.69) is 27.7 Å². The molecule has 0 heterocycles. The Bertz CT molecular complexity index is 155. The van der Waals surface area contributed by atoms with E-state index in [1.807, 2.05) is 0 Å². The molecule has 1 N–H and O–H groups in total. The van der Waals surface area contributed by atoms with Crippen LogP contribution in [0.15, 0.2) is 0 Å². The van der Waals surface area contributed by atoms with E-state index in [-0.39, 0.29) is 5.60 Å². The molecular formula is C11H22O. The SMILES string of the molecule is CCC(C)C(C)C1(O)CCC1C. The zero-order valence-corrected chi connectivity index (χ0v) is 8.80. The van der Waals surface area contributed by atoms with Crippen molar-refractivity contribution in [1.82, 2.24) is 0 Å². The van der Waals surface area contributed by atoms with Gasteiger partial charge in [-0.2, -0.15) is 0 Å². The van der Waals surface area contributed by atoms with Gasteiger partial charge in [0, 0.05) is 0 Å². The molecule has 72 valence electrons. The van der Waals surface area contributed by atoms with Crippen LogP contribution in [0.1, 0.15) is 47.0 Å². The minimum atomic E-state index is -0.338. The fourth-order valence-corrected chi connectivity index (χ4v) is 2.25. The van der Waals surface area contributed by atoms with Gasteiger partial charge < -0.3 is 5.11 Å². The first-order chi connectivity index (χ1) is 5.52. The molecule has 0 amide bonds. The lowest BCUT2D eigenvalue weighted by Crippen LogP contribution is -2.52. The van der Waals surface area contributed by atoms with E-state index < -0.39 is 0 Å². The quantitative estimate of drug-likeness (QED) is 0.690. The van der Waals surface area contributed by atoms with E-state index in [0.717, 1.165) is 6.42 Å². The average Bonchev–Trinajstić information content (AvgIpc) is 2.11. The Morgan fingerprint density at radius 3 is 2.33 bits per heavy atom. The second-order valence-electron chi connectivity index (χ2n) is 4.61. The van der Waals surface area contributed by atoms with E-state index in [1.54, 1.807) is 0 Å². The van der Waals surface area contributed by atoms with Gasteiger partial charge >= 0.3 is 0 Å². The van der Waals surface area contributed by atoms with Crippen molar-refractivity contribution in [3.8, 4) is 0 Å². The van der Waals surface area contributed by atoms with Crippen molar-refractivity contribution in [3.05, 3.63) is 0 Å². The third kappa shape index (κ3) is 1.39. The summed E-state index contributed by atoms with van der Waals surface area (Å²) in [6.07, 6.45) is 3.40. The summed E-state index contributed by atoms with van der Waals surface area (Å²) in [4.78, 5) is 0. The van der Waals surface area contributed by atoms with E-state index in [4.69, 9.17) is 0 Å². The third-order valence-corrected chi connectivity index (χ3v) is 4.12. The van der Waals surface area contributed by atoms with Gasteiger partial charge in [0.15, 0.2) is 0 Å². The van der Waals surface area contributed by atoms with Crippen molar-refractivity contribution < 1.29 is 5.11 Å². The molecule has 12 heavy (non-hydrogen) atoms. The van der Waals surface area contributed by atoms with Crippen molar-refractivity contribution >= 4 is 0 Å². The minimum absolute atomic E-state index is 0.338. The fourth-order valence-electron chi connectivity index (χ4n) is 2.25. The van der Waals surface area contributed by atoms with Crippen molar-refractivity contribution in [2.45, 2.75) is 52.6 Å². The van der Waals surface area contributed by atoms with Gasteiger partial charge in [-0.25, -0.2) is 0 Å². The highest BCUT2D eigenvalue weighted by Gasteiger charge is 2.47. The smallest absolute Gasteiger partial charge is 0.0701 e. The summed E-state index contributed by atoms with van der Waals surface area (Å²) < 4.78 is 0. The van der Waals surface area contributed by atoms with Crippen LogP contribution in [0.5, 0.6) is 0 Å². The van der Waals surface area contributed by atoms with E-state index in [9.17, 15) is 5.11 Å². The van der Waals surface area contributed by atoms with Gasteiger partial charge in [0.05, 0.1) is 5.60 Å². The zero-order chi connectivity index (χ0) is 9.35. The molecular weight excluding hydrogens is 148 g/mol. The van der Waals surface area contributed by atoms with Crippen molar-refractivity contribution in [2.75, 3.05) is 0 Å². The molecule has 0 aromatic carbocycles. The molecule has 0 radical (unpaired) electrons. The number of hydrogen-bond acceptors (Lipinski definition) is 1. The highest BCUT2D eigenvalue weighted by atomic mass is 16.3. The lowest BCUT2D eigenvalue weighted by atomic mass is 9.61. The Morgan fingerprint density at radius 1 is 1.50 bits per heavy atom. The number of hydrogen-bond donors (Lipinski definition) is 1. The minimum Gasteiger partial charge on any atom is -0.389 e. The molecule has 1 aliphatic carbocycles. The summed E-state index contributed by atoms with van der Waals surface area (Å²) in [5, 5.41) is 10.2. The monoisotopic (exact) mass is 170 g/mol. The molecule has 1 fully saturated rings. The van der Waals surface area contributed by atoms with Crippen LogP contribution >= 0.6 is 0 Å². The first-order valence-corrected chi connectivity index (χ1v) is 5.24. The van der Waals surface area contributed by atoms with Gasteiger partial charge in [0.2, 0.25) is 0 Å². The molecule has 0 aromatic rings. The molecule has 0 saturated heterocycles. The Kier molecular flexibility index (Phi) is 2.82. The summed E-state index contributed by atoms with van der Waals surface area (Å²) in [7, 11) is 0. The zero-order valence-electron chi connectivity index (χ0n) is 8.80. The summed E-state index contributed by atoms with van der Waals surface area (Å²) in [5.74, 6) is 1.63. The van der Waals surface area contributed by atoms with Crippen LogP contribution in [0.2, 0.25) is 0 Å². The van der Waals surface area contributed by atoms with Gasteiger partial charge in [-0.1, -0.05) is 34.1 Å². The molecule has 0 spiro atoms. The van der Waals surface area contributed by atoms with Gasteiger partial charge in [0.1, 0.15) is 0 Å². The maximum absolute atomic E-state index is 10.2. The topological polar surface area (TPSA) is 20.2 Å². The average molecular weight is 170 g/mol. The normalized spacial score (nSPS) is 40.2. The van der Waals surface area contributed by atoms with Crippen LogP contribution in [0, 0.1) is 17.8 Å². The molecule has 1 aliphatic rings. The summed E-state index contributed by atoms with van der Waals surface area (Å²) >= 11 is 0. The van der Waals surface area contributed by atoms with Gasteiger partial charge in [-0.3, -0.25) is 0 Å². The second kappa shape index (κ2) is 3.37. The molecule has 1 heteroatoms. The predicted octanol–water partition coefficient (Wildman–Crippen LogP) is 2.83. The van der Waals surface area contributed by atoms with Crippen LogP contribution in [-0.4, -0.2) is 10.7 Å². The standard InChI is InChI=1S/C11H22O/c1-5-8(2)10(4)11(12)7-6-9(11)3/h8-10,12H,5-7H2,1-4H3. The lowest BCUT2D eigenvalue weighted by molar-refractivity contribution is -0.139. The second-order valence-corrected chi connectivity index (χ2v) is 4.61. The van der Waals surface area contributed by atoms with Gasteiger partial charge in [0.25, 0.3) is 0 Å². The first kappa shape index (κ1) is 10.0. The molecule has 0 aliphatic heterocycles. The summed E-state index contributed by atoms with van der Waals surface area (Å²) in [6.45, 7) is 8.81. The van der Waals surface area contributed by atoms with Crippen molar-refractivity contribution in [3.63, 3.8) is 0 Å². The fraction of sp³-hybridized carbons (Fsp3) is 1.00. The molecule has 1 nitrogen and oxygen atoms in total. The van der Waals surface area contributed by atoms with E-state index >= 15 is 0 Å². The predicted molar refractivity (Wildman–Crippen MR) is 52.0 cm³/mol. The lowest BCUT2D eigenvalue weighted by Gasteiger charge is -2.49.